The van der Waals surface area contributed by atoms with Crippen LogP contribution in [-0.4, -0.2) is 29.9 Å². The van der Waals surface area contributed by atoms with Gasteiger partial charge in [0.2, 0.25) is 0 Å². The molecule has 134 valence electrons. The van der Waals surface area contributed by atoms with Crippen molar-refractivity contribution in [2.75, 3.05) is 14.1 Å². The summed E-state index contributed by atoms with van der Waals surface area (Å²) in [4.78, 5) is 17.0. The Labute approximate surface area is 165 Å². The highest BCUT2D eigenvalue weighted by Gasteiger charge is 2.14. The Bertz CT molecular complexity index is 749. The molecule has 2 rings (SSSR count). The first-order chi connectivity index (χ1) is 11.5. The summed E-state index contributed by atoms with van der Waals surface area (Å²) in [6.45, 7) is 3.14. The van der Waals surface area contributed by atoms with Crippen molar-refractivity contribution in [2.24, 2.45) is 4.99 Å². The van der Waals surface area contributed by atoms with Crippen LogP contribution in [0.5, 0.6) is 0 Å². The van der Waals surface area contributed by atoms with Gasteiger partial charge in [-0.25, -0.2) is 0 Å². The van der Waals surface area contributed by atoms with Gasteiger partial charge in [-0.2, -0.15) is 0 Å². The lowest BCUT2D eigenvalue weighted by atomic mass is 10.1. The quantitative estimate of drug-likeness (QED) is 0.246. The molecule has 0 spiro atoms. The molecule has 25 heavy (non-hydrogen) atoms. The van der Waals surface area contributed by atoms with Crippen molar-refractivity contribution in [3.63, 3.8) is 0 Å². The summed E-state index contributed by atoms with van der Waals surface area (Å²) < 4.78 is 0. The molecule has 0 atom stereocenters. The standard InChI is InChI=1S/C18H22N4O2.HI/c1-14-8-4-5-10-16(14)13-21(3)18(19-2)20-12-15-9-6-7-11-17(15)22(23)24;/h4-11H,12-13H2,1-3H3,(H,19,20);1H. The van der Waals surface area contributed by atoms with E-state index in [9.17, 15) is 10.1 Å². The van der Waals surface area contributed by atoms with Gasteiger partial charge in [-0.3, -0.25) is 15.1 Å². The molecule has 0 aliphatic rings. The number of halogens is 1. The predicted octanol–water partition coefficient (Wildman–Crippen LogP) is 3.73. The molecule has 0 heterocycles. The zero-order valence-corrected chi connectivity index (χ0v) is 16.9. The van der Waals surface area contributed by atoms with E-state index in [4.69, 9.17) is 0 Å². The van der Waals surface area contributed by atoms with E-state index in [-0.39, 0.29) is 34.6 Å². The van der Waals surface area contributed by atoms with Crippen LogP contribution in [0.1, 0.15) is 16.7 Å². The highest BCUT2D eigenvalue weighted by molar-refractivity contribution is 14.0. The molecule has 0 aliphatic carbocycles. The number of nitro groups is 1. The second-order valence-electron chi connectivity index (χ2n) is 5.57. The number of hydrogen-bond donors (Lipinski definition) is 1. The van der Waals surface area contributed by atoms with E-state index in [1.165, 1.54) is 17.2 Å². The first-order valence-electron chi connectivity index (χ1n) is 7.71. The molecule has 2 aromatic rings. The van der Waals surface area contributed by atoms with E-state index in [1.54, 1.807) is 25.2 Å². The number of guanidine groups is 1. The minimum Gasteiger partial charge on any atom is -0.352 e. The van der Waals surface area contributed by atoms with Gasteiger partial charge in [-0.1, -0.05) is 42.5 Å². The molecule has 0 aromatic heterocycles. The third-order valence-electron chi connectivity index (χ3n) is 3.87. The summed E-state index contributed by atoms with van der Waals surface area (Å²) >= 11 is 0. The third-order valence-corrected chi connectivity index (χ3v) is 3.87. The van der Waals surface area contributed by atoms with E-state index >= 15 is 0 Å². The summed E-state index contributed by atoms with van der Waals surface area (Å²) in [6.07, 6.45) is 0. The maximum Gasteiger partial charge on any atom is 0.274 e. The van der Waals surface area contributed by atoms with E-state index in [1.807, 2.05) is 24.1 Å². The van der Waals surface area contributed by atoms with Gasteiger partial charge in [-0.15, -0.1) is 24.0 Å². The van der Waals surface area contributed by atoms with Gasteiger partial charge in [0.25, 0.3) is 5.69 Å². The van der Waals surface area contributed by atoms with Gasteiger partial charge >= 0.3 is 0 Å². The Morgan fingerprint density at radius 3 is 2.36 bits per heavy atom. The Kier molecular flexibility index (Phi) is 8.33. The van der Waals surface area contributed by atoms with Crippen molar-refractivity contribution < 1.29 is 4.92 Å². The lowest BCUT2D eigenvalue weighted by Crippen LogP contribution is -2.38. The van der Waals surface area contributed by atoms with Crippen molar-refractivity contribution >= 4 is 35.6 Å². The van der Waals surface area contributed by atoms with Gasteiger partial charge in [0.15, 0.2) is 5.96 Å². The monoisotopic (exact) mass is 454 g/mol. The topological polar surface area (TPSA) is 70.8 Å². The average molecular weight is 454 g/mol. The number of rotatable bonds is 5. The van der Waals surface area contributed by atoms with Crippen LogP contribution in [0.3, 0.4) is 0 Å². The Morgan fingerprint density at radius 1 is 1.16 bits per heavy atom. The first kappa shape index (κ1) is 20.9. The Morgan fingerprint density at radius 2 is 1.76 bits per heavy atom. The predicted molar refractivity (Wildman–Crippen MR) is 111 cm³/mol. The van der Waals surface area contributed by atoms with Crippen molar-refractivity contribution in [2.45, 2.75) is 20.0 Å². The smallest absolute Gasteiger partial charge is 0.274 e. The Balaban J connectivity index is 0.00000312. The molecule has 6 nitrogen and oxygen atoms in total. The SMILES string of the molecule is CN=C(NCc1ccccc1[N+](=O)[O-])N(C)Cc1ccccc1C.I. The van der Waals surface area contributed by atoms with E-state index in [0.717, 1.165) is 0 Å². The highest BCUT2D eigenvalue weighted by Crippen LogP contribution is 2.17. The molecule has 0 saturated heterocycles. The highest BCUT2D eigenvalue weighted by atomic mass is 127. The van der Waals surface area contributed by atoms with Crippen molar-refractivity contribution in [3.8, 4) is 0 Å². The molecule has 0 radical (unpaired) electrons. The van der Waals surface area contributed by atoms with Crippen LogP contribution in [0.2, 0.25) is 0 Å². The summed E-state index contributed by atoms with van der Waals surface area (Å²) in [6, 6.07) is 14.9. The number of nitro benzene ring substituents is 1. The second kappa shape index (κ2) is 9.97. The Hall–Kier alpha value is -2.16. The van der Waals surface area contributed by atoms with E-state index in [2.05, 4.69) is 29.4 Å². The largest absolute Gasteiger partial charge is 0.352 e. The van der Waals surface area contributed by atoms with Crippen LogP contribution < -0.4 is 5.32 Å². The molecule has 0 saturated carbocycles. The molecule has 0 aliphatic heterocycles. The number of nitrogens with zero attached hydrogens (tertiary/aromatic N) is 3. The maximum absolute atomic E-state index is 11.1. The summed E-state index contributed by atoms with van der Waals surface area (Å²) in [5.41, 5.74) is 3.18. The van der Waals surface area contributed by atoms with Crippen LogP contribution in [0.4, 0.5) is 5.69 Å². The molecule has 0 unspecified atom stereocenters. The molecular formula is C18H23IN4O2. The van der Waals surface area contributed by atoms with Crippen LogP contribution in [0.15, 0.2) is 53.5 Å². The van der Waals surface area contributed by atoms with Gasteiger partial charge < -0.3 is 10.2 Å². The fourth-order valence-electron chi connectivity index (χ4n) is 2.52. The number of aliphatic imine (C=N–C) groups is 1. The number of hydrogen-bond acceptors (Lipinski definition) is 3. The molecule has 0 fully saturated rings. The van der Waals surface area contributed by atoms with Crippen molar-refractivity contribution in [1.29, 1.82) is 0 Å². The fraction of sp³-hybridized carbons (Fsp3) is 0.278. The number of para-hydroxylation sites is 1. The van der Waals surface area contributed by atoms with Crippen LogP contribution >= 0.6 is 24.0 Å². The van der Waals surface area contributed by atoms with Crippen LogP contribution in [0.25, 0.3) is 0 Å². The maximum atomic E-state index is 11.1. The minimum atomic E-state index is -0.364. The molecule has 0 bridgehead atoms. The molecule has 0 amide bonds. The zero-order chi connectivity index (χ0) is 17.5. The number of nitrogens with one attached hydrogen (secondary N) is 1. The summed E-state index contributed by atoms with van der Waals surface area (Å²) in [5.74, 6) is 0.691. The van der Waals surface area contributed by atoms with Gasteiger partial charge in [-0.05, 0) is 18.1 Å². The van der Waals surface area contributed by atoms with Crippen molar-refractivity contribution in [1.82, 2.24) is 10.2 Å². The van der Waals surface area contributed by atoms with E-state index < -0.39 is 0 Å². The third kappa shape index (κ3) is 5.70. The molecule has 1 N–H and O–H groups in total. The molecule has 7 heteroatoms. The van der Waals surface area contributed by atoms with Crippen molar-refractivity contribution in [3.05, 3.63) is 75.3 Å². The number of aryl methyl sites for hydroxylation is 1. The lowest BCUT2D eigenvalue weighted by molar-refractivity contribution is -0.385. The van der Waals surface area contributed by atoms with E-state index in [0.29, 0.717) is 24.6 Å². The van der Waals surface area contributed by atoms with Gasteiger partial charge in [0.1, 0.15) is 0 Å². The second-order valence-corrected chi connectivity index (χ2v) is 5.57. The molecule has 2 aromatic carbocycles. The minimum absolute atomic E-state index is 0. The average Bonchev–Trinajstić information content (AvgIpc) is 2.57. The van der Waals surface area contributed by atoms with Gasteiger partial charge in [0, 0.05) is 38.8 Å². The van der Waals surface area contributed by atoms with Crippen LogP contribution in [-0.2, 0) is 13.1 Å². The fourth-order valence-corrected chi connectivity index (χ4v) is 2.52. The molecular weight excluding hydrogens is 431 g/mol. The zero-order valence-electron chi connectivity index (χ0n) is 14.6. The van der Waals surface area contributed by atoms with Gasteiger partial charge in [0.05, 0.1) is 4.92 Å². The summed E-state index contributed by atoms with van der Waals surface area (Å²) in [5, 5.41) is 14.3. The first-order valence-corrected chi connectivity index (χ1v) is 7.71. The normalized spacial score (nSPS) is 10.8. The lowest BCUT2D eigenvalue weighted by Gasteiger charge is -2.23. The van der Waals surface area contributed by atoms with Crippen LogP contribution in [0, 0.1) is 17.0 Å². The summed E-state index contributed by atoms with van der Waals surface area (Å²) in [7, 11) is 3.65. The number of benzene rings is 2.